The van der Waals surface area contributed by atoms with E-state index in [9.17, 15) is 9.90 Å². The summed E-state index contributed by atoms with van der Waals surface area (Å²) in [5, 5.41) is 11.8. The zero-order chi connectivity index (χ0) is 15.1. The molecule has 0 aliphatic carbocycles. The number of hydrogen-bond acceptors (Lipinski definition) is 4. The third-order valence-corrected chi connectivity index (χ3v) is 3.59. The van der Waals surface area contributed by atoms with Crippen molar-refractivity contribution in [1.29, 1.82) is 0 Å². The maximum atomic E-state index is 12.2. The summed E-state index contributed by atoms with van der Waals surface area (Å²) < 4.78 is 5.79. The Hall–Kier alpha value is -3.14. The summed E-state index contributed by atoms with van der Waals surface area (Å²) in [4.78, 5) is 16.5. The van der Waals surface area contributed by atoms with E-state index in [0.29, 0.717) is 22.4 Å². The summed E-state index contributed by atoms with van der Waals surface area (Å²) in [6.07, 6.45) is 1.65. The summed E-state index contributed by atoms with van der Waals surface area (Å²) in [5.41, 5.74) is 1.03. The topological polar surface area (TPSA) is 63.3 Å². The maximum Gasteiger partial charge on any atom is 0.193 e. The largest absolute Gasteiger partial charge is 0.508 e. The third kappa shape index (κ3) is 2.02. The zero-order valence-corrected chi connectivity index (χ0v) is 11.5. The van der Waals surface area contributed by atoms with Crippen LogP contribution < -0.4 is 5.43 Å². The molecule has 2 heterocycles. The van der Waals surface area contributed by atoms with E-state index < -0.39 is 0 Å². The van der Waals surface area contributed by atoms with Crippen LogP contribution in [-0.4, -0.2) is 10.1 Å². The molecule has 2 aromatic carbocycles. The van der Waals surface area contributed by atoms with Crippen LogP contribution in [0.3, 0.4) is 0 Å². The van der Waals surface area contributed by atoms with Crippen molar-refractivity contribution < 1.29 is 9.52 Å². The highest BCUT2D eigenvalue weighted by Crippen LogP contribution is 2.25. The molecule has 0 radical (unpaired) electrons. The number of hydrogen-bond donors (Lipinski definition) is 1. The molecule has 0 atom stereocenters. The van der Waals surface area contributed by atoms with Crippen molar-refractivity contribution in [2.45, 2.75) is 0 Å². The Morgan fingerprint density at radius 3 is 2.73 bits per heavy atom. The van der Waals surface area contributed by atoms with Gasteiger partial charge < -0.3 is 9.52 Å². The van der Waals surface area contributed by atoms with Gasteiger partial charge in [-0.3, -0.25) is 9.78 Å². The molecule has 1 N–H and O–H groups in total. The van der Waals surface area contributed by atoms with Gasteiger partial charge in [0.1, 0.15) is 17.0 Å². The first kappa shape index (κ1) is 12.6. The minimum atomic E-state index is -0.0931. The fourth-order valence-corrected chi connectivity index (χ4v) is 2.49. The molecular weight excluding hydrogens is 278 g/mol. The summed E-state index contributed by atoms with van der Waals surface area (Å²) in [6, 6.07) is 15.5. The molecule has 0 amide bonds. The van der Waals surface area contributed by atoms with E-state index in [2.05, 4.69) is 4.98 Å². The van der Waals surface area contributed by atoms with Crippen LogP contribution in [0.1, 0.15) is 0 Å². The van der Waals surface area contributed by atoms with Gasteiger partial charge in [0.15, 0.2) is 11.2 Å². The van der Waals surface area contributed by atoms with Crippen molar-refractivity contribution in [2.24, 2.45) is 0 Å². The average molecular weight is 289 g/mol. The van der Waals surface area contributed by atoms with E-state index in [4.69, 9.17) is 4.42 Å². The molecule has 2 aromatic heterocycles. The minimum Gasteiger partial charge on any atom is -0.508 e. The second-order valence-corrected chi connectivity index (χ2v) is 5.07. The van der Waals surface area contributed by atoms with Crippen molar-refractivity contribution in [3.8, 4) is 17.2 Å². The molecule has 0 unspecified atom stereocenters. The second kappa shape index (κ2) is 4.70. The average Bonchev–Trinajstić information content (AvgIpc) is 2.54. The molecule has 0 spiro atoms. The van der Waals surface area contributed by atoms with Gasteiger partial charge in [-0.25, -0.2) is 0 Å². The molecule has 4 rings (SSSR count). The lowest BCUT2D eigenvalue weighted by atomic mass is 10.1. The lowest BCUT2D eigenvalue weighted by molar-refractivity contribution is 0.476. The molecule has 106 valence electrons. The lowest BCUT2D eigenvalue weighted by Gasteiger charge is -2.04. The number of para-hydroxylation sites is 1. The van der Waals surface area contributed by atoms with E-state index in [0.717, 1.165) is 10.8 Å². The van der Waals surface area contributed by atoms with E-state index in [1.807, 2.05) is 12.1 Å². The number of phenols is 1. The van der Waals surface area contributed by atoms with Crippen LogP contribution in [0.15, 0.2) is 70.0 Å². The fraction of sp³-hybridized carbons (Fsp3) is 0. The lowest BCUT2D eigenvalue weighted by Crippen LogP contribution is -2.00. The van der Waals surface area contributed by atoms with E-state index in [1.54, 1.807) is 42.6 Å². The summed E-state index contributed by atoms with van der Waals surface area (Å²) in [7, 11) is 0. The molecule has 0 saturated heterocycles. The van der Waals surface area contributed by atoms with Gasteiger partial charge in [0.2, 0.25) is 0 Å². The smallest absolute Gasteiger partial charge is 0.193 e. The second-order valence-electron chi connectivity index (χ2n) is 5.07. The number of fused-ring (bicyclic) bond motifs is 2. The SMILES string of the molecule is O=c1cc(-c2cc3ccc(O)cc3cn2)oc2ccccc12. The normalized spacial score (nSPS) is 11.1. The Morgan fingerprint density at radius 2 is 1.82 bits per heavy atom. The highest BCUT2D eigenvalue weighted by Gasteiger charge is 2.08. The molecular formula is C18H11NO3. The Bertz CT molecular complexity index is 1070. The van der Waals surface area contributed by atoms with Crippen LogP contribution in [0.4, 0.5) is 0 Å². The van der Waals surface area contributed by atoms with Crippen LogP contribution in [0.2, 0.25) is 0 Å². The van der Waals surface area contributed by atoms with Crippen LogP contribution in [-0.2, 0) is 0 Å². The van der Waals surface area contributed by atoms with Crippen molar-refractivity contribution in [3.05, 3.63) is 71.0 Å². The predicted molar refractivity (Wildman–Crippen MR) is 84.9 cm³/mol. The first-order valence-electron chi connectivity index (χ1n) is 6.83. The number of benzene rings is 2. The molecule has 0 saturated carbocycles. The molecule has 0 aliphatic heterocycles. The predicted octanol–water partition coefficient (Wildman–Crippen LogP) is 3.71. The van der Waals surface area contributed by atoms with Crippen LogP contribution in [0.5, 0.6) is 5.75 Å². The monoisotopic (exact) mass is 289 g/mol. The Morgan fingerprint density at radius 1 is 0.955 bits per heavy atom. The number of aromatic hydroxyl groups is 1. The van der Waals surface area contributed by atoms with Gasteiger partial charge in [-0.2, -0.15) is 0 Å². The first-order chi connectivity index (χ1) is 10.7. The third-order valence-electron chi connectivity index (χ3n) is 3.59. The Kier molecular flexibility index (Phi) is 2.69. The van der Waals surface area contributed by atoms with Crippen molar-refractivity contribution in [2.75, 3.05) is 0 Å². The standard InChI is InChI=1S/C18H11NO3/c20-13-6-5-11-8-15(19-10-12(11)7-13)18-9-16(21)14-3-1-2-4-17(14)22-18/h1-10,20H. The summed E-state index contributed by atoms with van der Waals surface area (Å²) >= 11 is 0. The quantitative estimate of drug-likeness (QED) is 0.580. The van der Waals surface area contributed by atoms with Gasteiger partial charge in [0, 0.05) is 17.6 Å². The highest BCUT2D eigenvalue weighted by molar-refractivity contribution is 5.86. The molecule has 4 heteroatoms. The van der Waals surface area contributed by atoms with Crippen LogP contribution in [0.25, 0.3) is 33.2 Å². The number of nitrogens with zero attached hydrogens (tertiary/aromatic N) is 1. The van der Waals surface area contributed by atoms with E-state index in [-0.39, 0.29) is 11.2 Å². The minimum absolute atomic E-state index is 0.0931. The number of pyridine rings is 1. The molecule has 4 aromatic rings. The Balaban J connectivity index is 1.94. The molecule has 0 bridgehead atoms. The number of phenolic OH excluding ortho intramolecular Hbond substituents is 1. The maximum absolute atomic E-state index is 12.2. The van der Waals surface area contributed by atoms with Gasteiger partial charge in [0.05, 0.1) is 5.39 Å². The zero-order valence-electron chi connectivity index (χ0n) is 11.5. The molecule has 4 nitrogen and oxygen atoms in total. The van der Waals surface area contributed by atoms with Gasteiger partial charge in [-0.1, -0.05) is 18.2 Å². The van der Waals surface area contributed by atoms with Gasteiger partial charge in [-0.05, 0) is 35.7 Å². The van der Waals surface area contributed by atoms with Crippen molar-refractivity contribution >= 4 is 21.7 Å². The molecule has 0 fully saturated rings. The fourth-order valence-electron chi connectivity index (χ4n) is 2.49. The first-order valence-corrected chi connectivity index (χ1v) is 6.83. The van der Waals surface area contributed by atoms with Crippen molar-refractivity contribution in [1.82, 2.24) is 4.98 Å². The van der Waals surface area contributed by atoms with Gasteiger partial charge in [0.25, 0.3) is 0 Å². The van der Waals surface area contributed by atoms with Gasteiger partial charge >= 0.3 is 0 Å². The number of aromatic nitrogens is 1. The van der Waals surface area contributed by atoms with Gasteiger partial charge in [-0.15, -0.1) is 0 Å². The number of rotatable bonds is 1. The Labute approximate surface area is 125 Å². The van der Waals surface area contributed by atoms with Crippen LogP contribution in [0, 0.1) is 0 Å². The van der Waals surface area contributed by atoms with Crippen molar-refractivity contribution in [3.63, 3.8) is 0 Å². The van der Waals surface area contributed by atoms with E-state index in [1.165, 1.54) is 6.07 Å². The van der Waals surface area contributed by atoms with E-state index >= 15 is 0 Å². The molecule has 0 aliphatic rings. The summed E-state index contributed by atoms with van der Waals surface area (Å²) in [6.45, 7) is 0. The highest BCUT2D eigenvalue weighted by atomic mass is 16.3. The van der Waals surface area contributed by atoms with Crippen LogP contribution >= 0.6 is 0 Å². The molecule has 22 heavy (non-hydrogen) atoms. The summed E-state index contributed by atoms with van der Waals surface area (Å²) in [5.74, 6) is 0.623.